The van der Waals surface area contributed by atoms with E-state index in [0.717, 1.165) is 11.3 Å². The second-order valence-corrected chi connectivity index (χ2v) is 6.84. The third-order valence-corrected chi connectivity index (χ3v) is 3.64. The van der Waals surface area contributed by atoms with Crippen molar-refractivity contribution < 1.29 is 14.6 Å². The Hall–Kier alpha value is -1.55. The van der Waals surface area contributed by atoms with Gasteiger partial charge >= 0.3 is 0 Å². The summed E-state index contributed by atoms with van der Waals surface area (Å²) in [4.78, 5) is 16.0. The number of amides is 1. The van der Waals surface area contributed by atoms with Crippen molar-refractivity contribution in [3.63, 3.8) is 0 Å². The van der Waals surface area contributed by atoms with Crippen molar-refractivity contribution in [1.29, 1.82) is 0 Å². The first-order chi connectivity index (χ1) is 12.8. The molecule has 28 heavy (non-hydrogen) atoms. The predicted molar refractivity (Wildman–Crippen MR) is 124 cm³/mol. The molecule has 1 amide bonds. The van der Waals surface area contributed by atoms with E-state index in [4.69, 9.17) is 4.74 Å². The highest BCUT2D eigenvalue weighted by Gasteiger charge is 2.09. The minimum atomic E-state index is -0.700. The minimum absolute atomic E-state index is 0. The van der Waals surface area contributed by atoms with Gasteiger partial charge in [-0.1, -0.05) is 26.0 Å². The number of benzene rings is 1. The van der Waals surface area contributed by atoms with Crippen LogP contribution in [0.5, 0.6) is 5.75 Å². The standard InChI is InChI=1S/C20H34N4O3.HI/c1-6-21-20(23-12-11-22-19(26)14(2)3)24-13-18(25)16-7-9-17(10-8-16)27-15(4)5;/h7-10,14-15,18,25H,6,11-13H2,1-5H3,(H,22,26)(H2,21,23,24);1H. The highest BCUT2D eigenvalue weighted by Crippen LogP contribution is 2.19. The van der Waals surface area contributed by atoms with E-state index in [-0.39, 0.29) is 48.5 Å². The summed E-state index contributed by atoms with van der Waals surface area (Å²) in [5.41, 5.74) is 0.787. The Balaban J connectivity index is 0.00000729. The van der Waals surface area contributed by atoms with Crippen molar-refractivity contribution in [2.45, 2.75) is 46.8 Å². The molecule has 7 nitrogen and oxygen atoms in total. The van der Waals surface area contributed by atoms with Crippen LogP contribution in [0, 0.1) is 5.92 Å². The number of rotatable bonds is 10. The molecule has 0 bridgehead atoms. The molecular weight excluding hydrogens is 471 g/mol. The highest BCUT2D eigenvalue weighted by molar-refractivity contribution is 14.0. The fraction of sp³-hybridized carbons (Fsp3) is 0.600. The average Bonchev–Trinajstić information content (AvgIpc) is 2.62. The van der Waals surface area contributed by atoms with E-state index < -0.39 is 6.10 Å². The quantitative estimate of drug-likeness (QED) is 0.169. The van der Waals surface area contributed by atoms with Gasteiger partial charge in [-0.25, -0.2) is 0 Å². The number of hydrogen-bond donors (Lipinski definition) is 4. The normalized spacial score (nSPS) is 12.4. The molecule has 4 N–H and O–H groups in total. The summed E-state index contributed by atoms with van der Waals surface area (Å²) in [6, 6.07) is 7.39. The Bertz CT molecular complexity index is 592. The number of aliphatic hydroxyl groups excluding tert-OH is 1. The minimum Gasteiger partial charge on any atom is -0.491 e. The van der Waals surface area contributed by atoms with Gasteiger partial charge in [0, 0.05) is 25.6 Å². The molecule has 1 aromatic rings. The fourth-order valence-corrected chi connectivity index (χ4v) is 2.24. The number of carbonyl (C=O) groups is 1. The van der Waals surface area contributed by atoms with Crippen LogP contribution in [0.15, 0.2) is 29.3 Å². The monoisotopic (exact) mass is 506 g/mol. The highest BCUT2D eigenvalue weighted by atomic mass is 127. The molecule has 0 radical (unpaired) electrons. The van der Waals surface area contributed by atoms with Crippen LogP contribution in [0.3, 0.4) is 0 Å². The van der Waals surface area contributed by atoms with Crippen molar-refractivity contribution >= 4 is 35.8 Å². The SMILES string of the molecule is CCNC(=NCC(O)c1ccc(OC(C)C)cc1)NCCNC(=O)C(C)C.I. The lowest BCUT2D eigenvalue weighted by molar-refractivity contribution is -0.123. The summed E-state index contributed by atoms with van der Waals surface area (Å²) >= 11 is 0. The van der Waals surface area contributed by atoms with Crippen LogP contribution in [0.1, 0.15) is 46.3 Å². The van der Waals surface area contributed by atoms with E-state index in [1.165, 1.54) is 0 Å². The number of carbonyl (C=O) groups excluding carboxylic acids is 1. The predicted octanol–water partition coefficient (Wildman–Crippen LogP) is 2.45. The van der Waals surface area contributed by atoms with E-state index in [1.54, 1.807) is 0 Å². The second kappa shape index (κ2) is 14.4. The largest absolute Gasteiger partial charge is 0.491 e. The zero-order chi connectivity index (χ0) is 20.2. The molecule has 0 aliphatic carbocycles. The second-order valence-electron chi connectivity index (χ2n) is 6.84. The summed E-state index contributed by atoms with van der Waals surface area (Å²) < 4.78 is 5.61. The van der Waals surface area contributed by atoms with Crippen molar-refractivity contribution in [2.24, 2.45) is 10.9 Å². The maximum absolute atomic E-state index is 11.5. The number of guanidine groups is 1. The molecule has 0 aliphatic rings. The van der Waals surface area contributed by atoms with Crippen molar-refractivity contribution in [3.8, 4) is 5.75 Å². The Morgan fingerprint density at radius 3 is 2.21 bits per heavy atom. The van der Waals surface area contributed by atoms with Gasteiger partial charge in [0.05, 0.1) is 18.8 Å². The van der Waals surface area contributed by atoms with Crippen LogP contribution < -0.4 is 20.7 Å². The number of nitrogens with zero attached hydrogens (tertiary/aromatic N) is 1. The number of halogens is 1. The molecule has 1 atom stereocenters. The van der Waals surface area contributed by atoms with Crippen molar-refractivity contribution in [1.82, 2.24) is 16.0 Å². The number of ether oxygens (including phenoxy) is 1. The van der Waals surface area contributed by atoms with E-state index in [9.17, 15) is 9.90 Å². The van der Waals surface area contributed by atoms with Gasteiger partial charge in [0.1, 0.15) is 5.75 Å². The smallest absolute Gasteiger partial charge is 0.222 e. The molecule has 0 aromatic heterocycles. The van der Waals surface area contributed by atoms with Crippen molar-refractivity contribution in [2.75, 3.05) is 26.2 Å². The van der Waals surface area contributed by atoms with E-state index in [2.05, 4.69) is 20.9 Å². The number of aliphatic hydroxyl groups is 1. The zero-order valence-corrected chi connectivity index (χ0v) is 19.8. The third-order valence-electron chi connectivity index (χ3n) is 3.64. The molecule has 0 aliphatic heterocycles. The molecule has 0 fully saturated rings. The van der Waals surface area contributed by atoms with Gasteiger partial charge < -0.3 is 25.8 Å². The summed E-state index contributed by atoms with van der Waals surface area (Å²) in [7, 11) is 0. The molecular formula is C20H35IN4O3. The number of aliphatic imine (C=N–C) groups is 1. The molecule has 160 valence electrons. The summed E-state index contributed by atoms with van der Waals surface area (Å²) in [6.07, 6.45) is -0.585. The summed E-state index contributed by atoms with van der Waals surface area (Å²) in [6.45, 7) is 11.7. The van der Waals surface area contributed by atoms with Gasteiger partial charge in [-0.05, 0) is 38.5 Å². The zero-order valence-electron chi connectivity index (χ0n) is 17.5. The Morgan fingerprint density at radius 1 is 1.07 bits per heavy atom. The van der Waals surface area contributed by atoms with Gasteiger partial charge in [-0.2, -0.15) is 0 Å². The molecule has 0 saturated heterocycles. The van der Waals surface area contributed by atoms with Gasteiger partial charge in [0.15, 0.2) is 5.96 Å². The molecule has 1 unspecified atom stereocenters. The fourth-order valence-electron chi connectivity index (χ4n) is 2.24. The summed E-state index contributed by atoms with van der Waals surface area (Å²) in [5, 5.41) is 19.5. The lowest BCUT2D eigenvalue weighted by atomic mass is 10.1. The van der Waals surface area contributed by atoms with Crippen LogP contribution in [0.4, 0.5) is 0 Å². The maximum atomic E-state index is 11.5. The lowest BCUT2D eigenvalue weighted by Gasteiger charge is -2.15. The van der Waals surface area contributed by atoms with Crippen LogP contribution in [0.25, 0.3) is 0 Å². The van der Waals surface area contributed by atoms with Gasteiger partial charge in [-0.15, -0.1) is 24.0 Å². The first-order valence-corrected chi connectivity index (χ1v) is 9.58. The first-order valence-electron chi connectivity index (χ1n) is 9.58. The Labute approximate surface area is 185 Å². The summed E-state index contributed by atoms with van der Waals surface area (Å²) in [5.74, 6) is 1.39. The van der Waals surface area contributed by atoms with E-state index in [1.807, 2.05) is 58.9 Å². The maximum Gasteiger partial charge on any atom is 0.222 e. The third kappa shape index (κ3) is 10.7. The molecule has 0 spiro atoms. The Morgan fingerprint density at radius 2 is 1.68 bits per heavy atom. The van der Waals surface area contributed by atoms with Gasteiger partial charge in [-0.3, -0.25) is 9.79 Å². The molecule has 0 heterocycles. The van der Waals surface area contributed by atoms with Crippen molar-refractivity contribution in [3.05, 3.63) is 29.8 Å². The van der Waals surface area contributed by atoms with Gasteiger partial charge in [0.2, 0.25) is 5.91 Å². The van der Waals surface area contributed by atoms with Crippen LogP contribution in [-0.2, 0) is 4.79 Å². The molecule has 1 aromatic carbocycles. The molecule has 1 rings (SSSR count). The van der Waals surface area contributed by atoms with Gasteiger partial charge in [0.25, 0.3) is 0 Å². The number of nitrogens with one attached hydrogen (secondary N) is 3. The van der Waals surface area contributed by atoms with E-state index >= 15 is 0 Å². The van der Waals surface area contributed by atoms with Crippen LogP contribution >= 0.6 is 24.0 Å². The topological polar surface area (TPSA) is 95.0 Å². The Kier molecular flexibility index (Phi) is 13.6. The number of hydrogen-bond acceptors (Lipinski definition) is 4. The van der Waals surface area contributed by atoms with E-state index in [0.29, 0.717) is 25.6 Å². The van der Waals surface area contributed by atoms with Crippen LogP contribution in [-0.4, -0.2) is 49.3 Å². The molecule has 8 heteroatoms. The average molecular weight is 506 g/mol. The molecule has 0 saturated carbocycles. The first kappa shape index (κ1) is 26.4. The van der Waals surface area contributed by atoms with Crippen LogP contribution in [0.2, 0.25) is 0 Å². The lowest BCUT2D eigenvalue weighted by Crippen LogP contribution is -2.42.